The maximum Gasteiger partial charge on any atom is 0.264 e. The summed E-state index contributed by atoms with van der Waals surface area (Å²) >= 11 is 6.22. The number of anilines is 1. The summed E-state index contributed by atoms with van der Waals surface area (Å²) in [4.78, 5) is 8.23. The van der Waals surface area contributed by atoms with Gasteiger partial charge in [-0.15, -0.1) is 0 Å². The lowest BCUT2D eigenvalue weighted by molar-refractivity contribution is 0.354. The fraction of sp³-hybridized carbons (Fsp3) is 0.154. The van der Waals surface area contributed by atoms with Gasteiger partial charge in [-0.2, -0.15) is 0 Å². The van der Waals surface area contributed by atoms with Crippen LogP contribution >= 0.6 is 11.6 Å². The number of aromatic nitrogens is 2. The van der Waals surface area contributed by atoms with E-state index < -0.39 is 21.7 Å². The van der Waals surface area contributed by atoms with E-state index in [2.05, 4.69) is 9.97 Å². The first kappa shape index (κ1) is 26.3. The van der Waals surface area contributed by atoms with E-state index in [0.717, 1.165) is 16.4 Å². The molecule has 37 heavy (non-hydrogen) atoms. The first-order chi connectivity index (χ1) is 17.7. The third-order valence-electron chi connectivity index (χ3n) is 5.59. The molecule has 7 nitrogen and oxygen atoms in total. The fourth-order valence-corrected chi connectivity index (χ4v) is 5.44. The van der Waals surface area contributed by atoms with Crippen LogP contribution in [0.15, 0.2) is 78.0 Å². The van der Waals surface area contributed by atoms with Gasteiger partial charge in [-0.1, -0.05) is 17.7 Å². The Kier molecular flexibility index (Phi) is 7.89. The molecule has 0 radical (unpaired) electrons. The highest BCUT2D eigenvalue weighted by Crippen LogP contribution is 2.35. The van der Waals surface area contributed by atoms with Crippen molar-refractivity contribution in [2.75, 3.05) is 18.5 Å². The molecule has 0 bridgehead atoms. The van der Waals surface area contributed by atoms with E-state index in [1.54, 1.807) is 6.07 Å². The number of hydrogen-bond acceptors (Lipinski definition) is 6. The van der Waals surface area contributed by atoms with Crippen LogP contribution < -0.4 is 13.8 Å². The van der Waals surface area contributed by atoms with Gasteiger partial charge in [0.25, 0.3) is 10.0 Å². The standard InChI is InChI=1S/C26H22ClF2N3O4S/c1-35-24-10-8-19(15-25(24)36-2)37(33,34)32(16-26-30-11-4-12-31-26)23-9-7-18(27)13-17(23)14-20-21(28)5-3-6-22(20)29/h3-13,15H,14,16H2,1-2H3. The smallest absolute Gasteiger partial charge is 0.264 e. The monoisotopic (exact) mass is 545 g/mol. The van der Waals surface area contributed by atoms with Gasteiger partial charge in [-0.3, -0.25) is 4.31 Å². The molecule has 4 aromatic rings. The topological polar surface area (TPSA) is 81.6 Å². The molecule has 11 heteroatoms. The van der Waals surface area contributed by atoms with Gasteiger partial charge in [0.1, 0.15) is 17.5 Å². The highest BCUT2D eigenvalue weighted by atomic mass is 35.5. The van der Waals surface area contributed by atoms with Gasteiger partial charge >= 0.3 is 0 Å². The van der Waals surface area contributed by atoms with Crippen LogP contribution in [0.25, 0.3) is 0 Å². The first-order valence-corrected chi connectivity index (χ1v) is 12.8. The van der Waals surface area contributed by atoms with E-state index in [0.29, 0.717) is 5.75 Å². The van der Waals surface area contributed by atoms with E-state index in [4.69, 9.17) is 21.1 Å². The summed E-state index contributed by atoms with van der Waals surface area (Å²) in [5, 5.41) is 0.273. The zero-order valence-corrected chi connectivity index (χ0v) is 21.4. The van der Waals surface area contributed by atoms with Crippen LogP contribution in [0.1, 0.15) is 17.0 Å². The molecule has 192 valence electrons. The van der Waals surface area contributed by atoms with Gasteiger partial charge < -0.3 is 9.47 Å². The van der Waals surface area contributed by atoms with Gasteiger partial charge in [0, 0.05) is 35.5 Å². The van der Waals surface area contributed by atoms with Crippen LogP contribution in [0.5, 0.6) is 11.5 Å². The van der Waals surface area contributed by atoms with Crippen molar-refractivity contribution in [3.63, 3.8) is 0 Å². The Morgan fingerprint density at radius 3 is 2.22 bits per heavy atom. The molecule has 0 N–H and O–H groups in total. The van der Waals surface area contributed by atoms with Crippen molar-refractivity contribution in [2.24, 2.45) is 0 Å². The summed E-state index contributed by atoms with van der Waals surface area (Å²) in [7, 11) is -1.44. The van der Waals surface area contributed by atoms with E-state index in [1.165, 1.54) is 69.1 Å². The SMILES string of the molecule is COc1ccc(S(=O)(=O)N(Cc2ncccn2)c2ccc(Cl)cc2Cc2c(F)cccc2F)cc1OC. The summed E-state index contributed by atoms with van der Waals surface area (Å²) in [6, 6.07) is 13.8. The molecule has 0 saturated carbocycles. The van der Waals surface area contributed by atoms with Gasteiger partial charge in [-0.25, -0.2) is 27.2 Å². The van der Waals surface area contributed by atoms with E-state index >= 15 is 0 Å². The fourth-order valence-electron chi connectivity index (χ4n) is 3.77. The lowest BCUT2D eigenvalue weighted by Crippen LogP contribution is -2.32. The normalized spacial score (nSPS) is 11.3. The van der Waals surface area contributed by atoms with Gasteiger partial charge in [0.15, 0.2) is 11.5 Å². The first-order valence-electron chi connectivity index (χ1n) is 11.0. The minimum absolute atomic E-state index is 0.0981. The molecule has 4 rings (SSSR count). The summed E-state index contributed by atoms with van der Waals surface area (Å²) < 4.78 is 68.7. The Labute approximate surface area is 218 Å². The number of rotatable bonds is 9. The van der Waals surface area contributed by atoms with Crippen molar-refractivity contribution in [3.8, 4) is 11.5 Å². The van der Waals surface area contributed by atoms with E-state index in [-0.39, 0.29) is 51.3 Å². The maximum atomic E-state index is 14.5. The Morgan fingerprint density at radius 1 is 0.892 bits per heavy atom. The number of ether oxygens (including phenoxy) is 2. The van der Waals surface area contributed by atoms with E-state index in [1.807, 2.05) is 0 Å². The van der Waals surface area contributed by atoms with Crippen LogP contribution in [0.2, 0.25) is 5.02 Å². The molecule has 0 amide bonds. The van der Waals surface area contributed by atoms with Crippen LogP contribution in [-0.4, -0.2) is 32.6 Å². The molecule has 0 atom stereocenters. The van der Waals surface area contributed by atoms with Crippen molar-refractivity contribution in [3.05, 3.63) is 107 Å². The molecule has 0 saturated heterocycles. The van der Waals surface area contributed by atoms with Crippen LogP contribution in [0.3, 0.4) is 0 Å². The third kappa shape index (κ3) is 5.65. The molecule has 1 aromatic heterocycles. The van der Waals surface area contributed by atoms with Gasteiger partial charge in [0.05, 0.1) is 31.3 Å². The maximum absolute atomic E-state index is 14.5. The van der Waals surface area contributed by atoms with Crippen LogP contribution in [-0.2, 0) is 23.0 Å². The van der Waals surface area contributed by atoms with Crippen molar-refractivity contribution in [2.45, 2.75) is 17.9 Å². The summed E-state index contributed by atoms with van der Waals surface area (Å²) in [5.74, 6) is -0.742. The van der Waals surface area contributed by atoms with Crippen molar-refractivity contribution < 1.29 is 26.7 Å². The summed E-state index contributed by atoms with van der Waals surface area (Å²) in [6.45, 7) is -0.258. The molecule has 0 aliphatic carbocycles. The van der Waals surface area contributed by atoms with Gasteiger partial charge in [0.2, 0.25) is 0 Å². The second-order valence-electron chi connectivity index (χ2n) is 7.84. The summed E-state index contributed by atoms with van der Waals surface area (Å²) in [5.41, 5.74) is 0.233. The molecular weight excluding hydrogens is 524 g/mol. The quantitative estimate of drug-likeness (QED) is 0.280. The number of halogens is 3. The third-order valence-corrected chi connectivity index (χ3v) is 7.58. The second-order valence-corrected chi connectivity index (χ2v) is 10.1. The van der Waals surface area contributed by atoms with Crippen molar-refractivity contribution in [1.82, 2.24) is 9.97 Å². The highest BCUT2D eigenvalue weighted by molar-refractivity contribution is 7.92. The molecule has 1 heterocycles. The Balaban J connectivity index is 1.89. The predicted octanol–water partition coefficient (Wildman–Crippen LogP) is 5.41. The van der Waals surface area contributed by atoms with Crippen molar-refractivity contribution >= 4 is 27.3 Å². The minimum atomic E-state index is -4.27. The zero-order valence-electron chi connectivity index (χ0n) is 19.9. The molecule has 0 fully saturated rings. The Morgan fingerprint density at radius 2 is 1.57 bits per heavy atom. The number of benzene rings is 3. The highest BCUT2D eigenvalue weighted by Gasteiger charge is 2.29. The second kappa shape index (κ2) is 11.1. The van der Waals surface area contributed by atoms with Gasteiger partial charge in [-0.05, 0) is 54.1 Å². The average Bonchev–Trinajstić information content (AvgIpc) is 2.90. The Bertz CT molecular complexity index is 1500. The zero-order chi connectivity index (χ0) is 26.6. The molecule has 3 aromatic carbocycles. The van der Waals surface area contributed by atoms with Crippen molar-refractivity contribution in [1.29, 1.82) is 0 Å². The van der Waals surface area contributed by atoms with E-state index in [9.17, 15) is 17.2 Å². The summed E-state index contributed by atoms with van der Waals surface area (Å²) in [6.07, 6.45) is 2.73. The predicted molar refractivity (Wildman–Crippen MR) is 136 cm³/mol. The number of nitrogens with zero attached hydrogens (tertiary/aromatic N) is 3. The number of methoxy groups -OCH3 is 2. The largest absolute Gasteiger partial charge is 0.493 e. The molecule has 0 unspecified atom stereocenters. The molecule has 0 aliphatic rings. The lowest BCUT2D eigenvalue weighted by atomic mass is 10.0. The average molecular weight is 546 g/mol. The minimum Gasteiger partial charge on any atom is -0.493 e. The van der Waals surface area contributed by atoms with Crippen LogP contribution in [0, 0.1) is 11.6 Å². The van der Waals surface area contributed by atoms with Crippen LogP contribution in [0.4, 0.5) is 14.5 Å². The number of hydrogen-bond donors (Lipinski definition) is 0. The Hall–Kier alpha value is -3.76. The molecule has 0 spiro atoms. The molecule has 0 aliphatic heterocycles. The number of sulfonamides is 1. The lowest BCUT2D eigenvalue weighted by Gasteiger charge is -2.27. The molecular formula is C26H22ClF2N3O4S.